The summed E-state index contributed by atoms with van der Waals surface area (Å²) in [7, 11) is -0.0511. The summed E-state index contributed by atoms with van der Waals surface area (Å²) in [6.45, 7) is 4.60. The van der Waals surface area contributed by atoms with Crippen molar-refractivity contribution in [3.8, 4) is 0 Å². The van der Waals surface area contributed by atoms with Crippen LogP contribution >= 0.6 is 0 Å². The molecule has 0 spiro atoms. The predicted molar refractivity (Wildman–Crippen MR) is 96.7 cm³/mol. The van der Waals surface area contributed by atoms with Crippen LogP contribution in [0.3, 0.4) is 0 Å². The van der Waals surface area contributed by atoms with Crippen LogP contribution in [0.2, 0.25) is 13.1 Å². The van der Waals surface area contributed by atoms with E-state index >= 15 is 0 Å². The van der Waals surface area contributed by atoms with Crippen molar-refractivity contribution in [2.75, 3.05) is 7.11 Å². The van der Waals surface area contributed by atoms with Gasteiger partial charge in [0.05, 0.1) is 0 Å². The normalized spacial score (nSPS) is 13.2. The van der Waals surface area contributed by atoms with E-state index in [1.165, 1.54) is 21.9 Å². The van der Waals surface area contributed by atoms with Crippen molar-refractivity contribution in [1.82, 2.24) is 0 Å². The molecule has 3 aromatic carbocycles. The van der Waals surface area contributed by atoms with Crippen molar-refractivity contribution in [2.24, 2.45) is 0 Å². The van der Waals surface area contributed by atoms with Crippen LogP contribution in [0.15, 0.2) is 72.8 Å². The van der Waals surface area contributed by atoms with Gasteiger partial charge in [-0.1, -0.05) is 72.8 Å². The molecule has 3 rings (SSSR count). The van der Waals surface area contributed by atoms with Gasteiger partial charge in [0.15, 0.2) is 8.32 Å². The molecule has 0 aliphatic carbocycles. The van der Waals surface area contributed by atoms with Gasteiger partial charge in [0, 0.05) is 12.7 Å². The van der Waals surface area contributed by atoms with Gasteiger partial charge in [-0.3, -0.25) is 0 Å². The molecule has 0 unspecified atom stereocenters. The Morgan fingerprint density at radius 1 is 0.773 bits per heavy atom. The Kier molecular flexibility index (Phi) is 4.14. The second-order valence-corrected chi connectivity index (χ2v) is 10.4. The van der Waals surface area contributed by atoms with E-state index in [4.69, 9.17) is 4.43 Å². The summed E-state index contributed by atoms with van der Waals surface area (Å²) in [6.07, 6.45) is 0. The summed E-state index contributed by atoms with van der Waals surface area (Å²) >= 11 is 0. The second kappa shape index (κ2) is 6.07. The molecule has 0 bridgehead atoms. The van der Waals surface area contributed by atoms with Crippen molar-refractivity contribution in [2.45, 2.75) is 18.6 Å². The third-order valence-electron chi connectivity index (χ3n) is 4.49. The third kappa shape index (κ3) is 2.72. The van der Waals surface area contributed by atoms with E-state index in [0.29, 0.717) is 5.54 Å². The minimum atomic E-state index is -1.91. The first-order valence-electron chi connectivity index (χ1n) is 7.71. The Balaban J connectivity index is 2.25. The van der Waals surface area contributed by atoms with Gasteiger partial charge in [-0.05, 0) is 35.0 Å². The Hall–Kier alpha value is -1.90. The van der Waals surface area contributed by atoms with Gasteiger partial charge in [-0.25, -0.2) is 0 Å². The first-order valence-corrected chi connectivity index (χ1v) is 10.7. The molecule has 0 amide bonds. The van der Waals surface area contributed by atoms with Crippen LogP contribution in [0.4, 0.5) is 0 Å². The van der Waals surface area contributed by atoms with E-state index in [1.807, 2.05) is 7.11 Å². The largest absolute Gasteiger partial charge is 0.420 e. The van der Waals surface area contributed by atoms with E-state index in [0.717, 1.165) is 0 Å². The van der Waals surface area contributed by atoms with E-state index in [2.05, 4.69) is 85.9 Å². The fraction of sp³-hybridized carbons (Fsp3) is 0.200. The van der Waals surface area contributed by atoms with Crippen LogP contribution in [-0.2, 0) is 4.43 Å². The minimum absolute atomic E-state index is 0.324. The number of hydrogen-bond acceptors (Lipinski definition) is 1. The SMILES string of the molecule is CO[Si](C)(C)[C@H](c1ccccc1)c1cccc2ccccc12. The zero-order valence-electron chi connectivity index (χ0n) is 13.4. The fourth-order valence-corrected chi connectivity index (χ4v) is 5.45. The molecule has 112 valence electrons. The molecule has 2 heteroatoms. The highest BCUT2D eigenvalue weighted by Crippen LogP contribution is 2.37. The van der Waals surface area contributed by atoms with E-state index in [1.54, 1.807) is 0 Å². The molecule has 0 heterocycles. The predicted octanol–water partition coefficient (Wildman–Crippen LogP) is 5.36. The second-order valence-electron chi connectivity index (χ2n) is 6.22. The van der Waals surface area contributed by atoms with Crippen molar-refractivity contribution in [3.63, 3.8) is 0 Å². The smallest absolute Gasteiger partial charge is 0.197 e. The molecule has 3 aromatic rings. The van der Waals surface area contributed by atoms with Crippen LogP contribution < -0.4 is 0 Å². The molecule has 0 radical (unpaired) electrons. The molecule has 0 saturated carbocycles. The van der Waals surface area contributed by atoms with Crippen LogP contribution in [0.5, 0.6) is 0 Å². The highest BCUT2D eigenvalue weighted by Gasteiger charge is 2.36. The first kappa shape index (κ1) is 15.0. The van der Waals surface area contributed by atoms with Crippen LogP contribution in [0.25, 0.3) is 10.8 Å². The monoisotopic (exact) mass is 306 g/mol. The standard InChI is InChI=1S/C20H22OSi/c1-21-22(2,3)20(17-11-5-4-6-12-17)19-15-9-13-16-10-7-8-14-18(16)19/h4-15,20H,1-3H3/t20-/m1/s1. The molecule has 0 saturated heterocycles. The lowest BCUT2D eigenvalue weighted by molar-refractivity contribution is 0.397. The zero-order valence-corrected chi connectivity index (χ0v) is 14.4. The highest BCUT2D eigenvalue weighted by atomic mass is 28.4. The maximum Gasteiger partial charge on any atom is 0.197 e. The number of fused-ring (bicyclic) bond motifs is 1. The maximum atomic E-state index is 6.00. The van der Waals surface area contributed by atoms with Gasteiger partial charge in [0.2, 0.25) is 0 Å². The minimum Gasteiger partial charge on any atom is -0.420 e. The lowest BCUT2D eigenvalue weighted by Gasteiger charge is -2.32. The van der Waals surface area contributed by atoms with Crippen LogP contribution in [0.1, 0.15) is 16.7 Å². The molecule has 1 nitrogen and oxygen atoms in total. The summed E-state index contributed by atoms with van der Waals surface area (Å²) in [5.41, 5.74) is 3.05. The van der Waals surface area contributed by atoms with Gasteiger partial charge in [0.1, 0.15) is 0 Å². The average Bonchev–Trinajstić information content (AvgIpc) is 2.56. The number of benzene rings is 3. The third-order valence-corrected chi connectivity index (χ3v) is 7.58. The Labute approximate surface area is 133 Å². The summed E-state index contributed by atoms with van der Waals surface area (Å²) in [5, 5.41) is 2.62. The zero-order chi connectivity index (χ0) is 15.6. The lowest BCUT2D eigenvalue weighted by atomic mass is 9.98. The van der Waals surface area contributed by atoms with Crippen molar-refractivity contribution in [3.05, 3.63) is 83.9 Å². The van der Waals surface area contributed by atoms with Crippen LogP contribution in [-0.4, -0.2) is 15.4 Å². The molecule has 1 atom stereocenters. The molecule has 0 aliphatic rings. The Bertz CT molecular complexity index is 760. The van der Waals surface area contributed by atoms with Gasteiger partial charge in [0.25, 0.3) is 0 Å². The summed E-state index contributed by atoms with van der Waals surface area (Å²) < 4.78 is 6.00. The molecule has 0 aromatic heterocycles. The molecule has 22 heavy (non-hydrogen) atoms. The lowest BCUT2D eigenvalue weighted by Crippen LogP contribution is -2.38. The molecule has 0 fully saturated rings. The summed E-state index contributed by atoms with van der Waals surface area (Å²) in [4.78, 5) is 0. The van der Waals surface area contributed by atoms with Gasteiger partial charge in [-0.2, -0.15) is 0 Å². The summed E-state index contributed by atoms with van der Waals surface area (Å²) in [5.74, 6) is 0. The van der Waals surface area contributed by atoms with Crippen molar-refractivity contribution < 1.29 is 4.43 Å². The van der Waals surface area contributed by atoms with E-state index < -0.39 is 8.32 Å². The molecule has 0 N–H and O–H groups in total. The first-order chi connectivity index (χ1) is 10.6. The Morgan fingerprint density at radius 2 is 1.41 bits per heavy atom. The van der Waals surface area contributed by atoms with Crippen molar-refractivity contribution >= 4 is 19.1 Å². The van der Waals surface area contributed by atoms with E-state index in [9.17, 15) is 0 Å². The molecular weight excluding hydrogens is 284 g/mol. The highest BCUT2D eigenvalue weighted by molar-refractivity contribution is 6.73. The topological polar surface area (TPSA) is 9.23 Å². The van der Waals surface area contributed by atoms with Crippen LogP contribution in [0, 0.1) is 0 Å². The number of hydrogen-bond donors (Lipinski definition) is 0. The molecule has 0 aliphatic heterocycles. The fourth-order valence-electron chi connectivity index (χ4n) is 3.22. The van der Waals surface area contributed by atoms with Gasteiger partial charge < -0.3 is 4.43 Å². The van der Waals surface area contributed by atoms with Crippen molar-refractivity contribution in [1.29, 1.82) is 0 Å². The maximum absolute atomic E-state index is 6.00. The summed E-state index contributed by atoms with van der Waals surface area (Å²) in [6, 6.07) is 26.0. The average molecular weight is 306 g/mol. The van der Waals surface area contributed by atoms with E-state index in [-0.39, 0.29) is 0 Å². The quantitative estimate of drug-likeness (QED) is 0.589. The van der Waals surface area contributed by atoms with Gasteiger partial charge in [-0.15, -0.1) is 0 Å². The Morgan fingerprint density at radius 3 is 2.14 bits per heavy atom. The number of rotatable bonds is 4. The molecular formula is C20H22OSi. The van der Waals surface area contributed by atoms with Gasteiger partial charge >= 0.3 is 0 Å².